The van der Waals surface area contributed by atoms with E-state index in [4.69, 9.17) is 0 Å². The second-order valence-corrected chi connectivity index (χ2v) is 8.44. The molecule has 0 aliphatic carbocycles. The molecule has 0 saturated carbocycles. The molecule has 0 N–H and O–H groups in total. The molecule has 6 rings (SSSR count). The maximum atomic E-state index is 12.0. The molecule has 5 aromatic carbocycles. The van der Waals surface area contributed by atoms with Gasteiger partial charge in [-0.3, -0.25) is 10.1 Å². The molecule has 3 nitrogen and oxygen atoms in total. The zero-order valence-electron chi connectivity index (χ0n) is 15.8. The van der Waals surface area contributed by atoms with Crippen LogP contribution in [0.4, 0.5) is 5.69 Å². The van der Waals surface area contributed by atoms with Crippen LogP contribution in [0.15, 0.2) is 91.0 Å². The van der Waals surface area contributed by atoms with Gasteiger partial charge in [0.25, 0.3) is 5.69 Å². The van der Waals surface area contributed by atoms with Crippen molar-refractivity contribution in [3.05, 3.63) is 101 Å². The monoisotopic (exact) mass is 405 g/mol. The first-order valence-electron chi connectivity index (χ1n) is 9.72. The summed E-state index contributed by atoms with van der Waals surface area (Å²) in [7, 11) is 0. The number of nitro groups is 1. The van der Waals surface area contributed by atoms with E-state index in [1.54, 1.807) is 17.4 Å². The smallest absolute Gasteiger partial charge is 0.258 e. The molecule has 30 heavy (non-hydrogen) atoms. The number of benzene rings is 5. The first kappa shape index (κ1) is 17.1. The molecular formula is C26H15NO2S. The molecule has 0 unspecified atom stereocenters. The number of hydrogen-bond donors (Lipinski definition) is 0. The summed E-state index contributed by atoms with van der Waals surface area (Å²) in [6.07, 6.45) is 0. The molecule has 0 atom stereocenters. The van der Waals surface area contributed by atoms with Crippen LogP contribution in [0, 0.1) is 10.1 Å². The Kier molecular flexibility index (Phi) is 3.64. The highest BCUT2D eigenvalue weighted by Gasteiger charge is 2.23. The van der Waals surface area contributed by atoms with Crippen LogP contribution >= 0.6 is 11.3 Å². The lowest BCUT2D eigenvalue weighted by molar-refractivity contribution is -0.384. The van der Waals surface area contributed by atoms with Gasteiger partial charge in [0, 0.05) is 31.8 Å². The van der Waals surface area contributed by atoms with E-state index in [0.29, 0.717) is 5.56 Å². The Labute approximate surface area is 176 Å². The zero-order chi connectivity index (χ0) is 20.2. The van der Waals surface area contributed by atoms with Crippen LogP contribution in [-0.2, 0) is 0 Å². The minimum absolute atomic E-state index is 0.141. The van der Waals surface area contributed by atoms with Crippen molar-refractivity contribution in [3.8, 4) is 11.1 Å². The predicted molar refractivity (Wildman–Crippen MR) is 126 cm³/mol. The van der Waals surface area contributed by atoms with E-state index in [-0.39, 0.29) is 10.6 Å². The predicted octanol–water partition coefficient (Wildman–Crippen LogP) is 7.94. The van der Waals surface area contributed by atoms with Gasteiger partial charge in [-0.2, -0.15) is 0 Å². The normalized spacial score (nSPS) is 11.6. The molecule has 1 aromatic heterocycles. The highest BCUT2D eigenvalue weighted by Crippen LogP contribution is 2.47. The van der Waals surface area contributed by atoms with Crippen molar-refractivity contribution in [1.82, 2.24) is 0 Å². The van der Waals surface area contributed by atoms with E-state index in [0.717, 1.165) is 26.4 Å². The van der Waals surface area contributed by atoms with Gasteiger partial charge < -0.3 is 0 Å². The second-order valence-electron chi connectivity index (χ2n) is 7.39. The zero-order valence-corrected chi connectivity index (χ0v) is 16.6. The Morgan fingerprint density at radius 1 is 0.700 bits per heavy atom. The van der Waals surface area contributed by atoms with Crippen molar-refractivity contribution >= 4 is 58.7 Å². The first-order chi connectivity index (χ1) is 14.7. The molecule has 4 heteroatoms. The van der Waals surface area contributed by atoms with E-state index in [1.807, 2.05) is 48.5 Å². The van der Waals surface area contributed by atoms with E-state index < -0.39 is 0 Å². The maximum absolute atomic E-state index is 12.0. The molecule has 0 fully saturated rings. The standard InChI is InChI=1S/C26H15NO2S/c28-27(29)22-14-13-16-7-1-3-9-18(16)24(22)21-15-17-8-2-4-10-19(17)25-20-11-5-6-12-23(20)30-26(21)25/h1-15H. The summed E-state index contributed by atoms with van der Waals surface area (Å²) >= 11 is 1.70. The number of hydrogen-bond acceptors (Lipinski definition) is 3. The SMILES string of the molecule is O=[N+]([O-])c1ccc2ccccc2c1-c1cc2ccccc2c2c1sc1ccccc12. The lowest BCUT2D eigenvalue weighted by atomic mass is 9.92. The van der Waals surface area contributed by atoms with Crippen LogP contribution in [0.25, 0.3) is 52.8 Å². The Bertz CT molecular complexity index is 1630. The van der Waals surface area contributed by atoms with Gasteiger partial charge in [-0.25, -0.2) is 0 Å². The Hall–Kier alpha value is -3.76. The summed E-state index contributed by atoms with van der Waals surface area (Å²) in [6.45, 7) is 0. The van der Waals surface area contributed by atoms with Gasteiger partial charge >= 0.3 is 0 Å². The van der Waals surface area contributed by atoms with Crippen LogP contribution in [0.5, 0.6) is 0 Å². The largest absolute Gasteiger partial charge is 0.277 e. The molecule has 0 amide bonds. The highest BCUT2D eigenvalue weighted by molar-refractivity contribution is 7.26. The third-order valence-corrected chi connectivity index (χ3v) is 6.95. The van der Waals surface area contributed by atoms with E-state index in [9.17, 15) is 10.1 Å². The minimum atomic E-state index is -0.268. The Morgan fingerprint density at radius 2 is 1.37 bits per heavy atom. The number of rotatable bonds is 2. The molecule has 0 bridgehead atoms. The van der Waals surface area contributed by atoms with Crippen molar-refractivity contribution in [2.75, 3.05) is 0 Å². The fourth-order valence-corrected chi connectivity index (χ4v) is 5.69. The minimum Gasteiger partial charge on any atom is -0.258 e. The van der Waals surface area contributed by atoms with Gasteiger partial charge in [0.15, 0.2) is 0 Å². The summed E-state index contributed by atoms with van der Waals surface area (Å²) in [5.74, 6) is 0. The molecule has 1 heterocycles. The van der Waals surface area contributed by atoms with Gasteiger partial charge in [0.2, 0.25) is 0 Å². The van der Waals surface area contributed by atoms with E-state index in [1.165, 1.54) is 20.9 Å². The average Bonchev–Trinajstić information content (AvgIpc) is 3.18. The average molecular weight is 405 g/mol. The maximum Gasteiger partial charge on any atom is 0.277 e. The van der Waals surface area contributed by atoms with Crippen LogP contribution < -0.4 is 0 Å². The molecular weight excluding hydrogens is 390 g/mol. The van der Waals surface area contributed by atoms with Crippen molar-refractivity contribution in [2.24, 2.45) is 0 Å². The van der Waals surface area contributed by atoms with Crippen LogP contribution in [0.2, 0.25) is 0 Å². The summed E-state index contributed by atoms with van der Waals surface area (Å²) in [5, 5.41) is 18.6. The third kappa shape index (κ3) is 2.38. The number of fused-ring (bicyclic) bond motifs is 6. The Morgan fingerprint density at radius 3 is 2.17 bits per heavy atom. The second kappa shape index (κ2) is 6.37. The van der Waals surface area contributed by atoms with Crippen LogP contribution in [-0.4, -0.2) is 4.92 Å². The molecule has 6 aromatic rings. The number of nitrogens with zero attached hydrogens (tertiary/aromatic N) is 1. The number of thiophene rings is 1. The lowest BCUT2D eigenvalue weighted by Gasteiger charge is -2.11. The van der Waals surface area contributed by atoms with Crippen LogP contribution in [0.3, 0.4) is 0 Å². The quantitative estimate of drug-likeness (QED) is 0.217. The molecule has 0 spiro atoms. The third-order valence-electron chi connectivity index (χ3n) is 5.74. The topological polar surface area (TPSA) is 43.1 Å². The molecule has 142 valence electrons. The Balaban J connectivity index is 1.89. The fourth-order valence-electron chi connectivity index (χ4n) is 4.46. The van der Waals surface area contributed by atoms with E-state index >= 15 is 0 Å². The van der Waals surface area contributed by atoms with Crippen LogP contribution in [0.1, 0.15) is 0 Å². The van der Waals surface area contributed by atoms with Crippen molar-refractivity contribution in [3.63, 3.8) is 0 Å². The highest BCUT2D eigenvalue weighted by atomic mass is 32.1. The van der Waals surface area contributed by atoms with Gasteiger partial charge in [0.1, 0.15) is 0 Å². The molecule has 0 aliphatic rings. The van der Waals surface area contributed by atoms with Gasteiger partial charge in [-0.1, -0.05) is 66.7 Å². The lowest BCUT2D eigenvalue weighted by Crippen LogP contribution is -1.94. The molecule has 0 radical (unpaired) electrons. The van der Waals surface area contributed by atoms with Crippen molar-refractivity contribution in [2.45, 2.75) is 0 Å². The summed E-state index contributed by atoms with van der Waals surface area (Å²) in [6, 6.07) is 30.1. The van der Waals surface area contributed by atoms with Gasteiger partial charge in [-0.15, -0.1) is 11.3 Å². The molecule has 0 aliphatic heterocycles. The van der Waals surface area contributed by atoms with Gasteiger partial charge in [-0.05, 0) is 39.7 Å². The van der Waals surface area contributed by atoms with E-state index in [2.05, 4.69) is 36.4 Å². The summed E-state index contributed by atoms with van der Waals surface area (Å²) in [4.78, 5) is 11.8. The first-order valence-corrected chi connectivity index (χ1v) is 10.5. The molecule has 0 saturated heterocycles. The fraction of sp³-hybridized carbons (Fsp3) is 0. The van der Waals surface area contributed by atoms with Crippen molar-refractivity contribution < 1.29 is 4.92 Å². The van der Waals surface area contributed by atoms with Gasteiger partial charge in [0.05, 0.1) is 10.5 Å². The van der Waals surface area contributed by atoms with Crippen molar-refractivity contribution in [1.29, 1.82) is 0 Å². The number of nitro benzene ring substituents is 1. The summed E-state index contributed by atoms with van der Waals surface area (Å²) < 4.78 is 2.28. The summed E-state index contributed by atoms with van der Waals surface area (Å²) in [5.41, 5.74) is 1.76.